The molecule has 30 heavy (non-hydrogen) atoms. The molecule has 0 bridgehead atoms. The van der Waals surface area contributed by atoms with Gasteiger partial charge in [-0.15, -0.1) is 5.10 Å². The summed E-state index contributed by atoms with van der Waals surface area (Å²) < 4.78 is 6.20. The molecule has 1 amide bonds. The second kappa shape index (κ2) is 9.57. The van der Waals surface area contributed by atoms with Gasteiger partial charge >= 0.3 is 5.97 Å². The molecule has 0 aliphatic heterocycles. The maximum absolute atomic E-state index is 12.2. The van der Waals surface area contributed by atoms with Crippen LogP contribution < -0.4 is 5.32 Å². The van der Waals surface area contributed by atoms with Gasteiger partial charge in [-0.05, 0) is 43.3 Å². The molecule has 0 aliphatic rings. The van der Waals surface area contributed by atoms with Crippen LogP contribution in [0.2, 0.25) is 0 Å². The number of carbonyl (C=O) groups excluding carboxylic acids is 3. The highest BCUT2D eigenvalue weighted by atomic mass is 16.5. The molecule has 2 N–H and O–H groups in total. The Morgan fingerprint density at radius 1 is 1.07 bits per heavy atom. The van der Waals surface area contributed by atoms with Crippen molar-refractivity contribution in [2.24, 2.45) is 0 Å². The van der Waals surface area contributed by atoms with E-state index in [0.29, 0.717) is 22.5 Å². The van der Waals surface area contributed by atoms with Crippen LogP contribution in [-0.4, -0.2) is 44.4 Å². The molecular formula is C21H20N4O5. The van der Waals surface area contributed by atoms with Crippen LogP contribution in [0.25, 0.3) is 0 Å². The highest BCUT2D eigenvalue weighted by Gasteiger charge is 2.13. The summed E-state index contributed by atoms with van der Waals surface area (Å²) in [6.45, 7) is 0.883. The van der Waals surface area contributed by atoms with E-state index in [0.717, 1.165) is 0 Å². The number of hydrogen-bond donors (Lipinski definition) is 2. The molecule has 3 aromatic rings. The maximum atomic E-state index is 12.2. The molecule has 9 nitrogen and oxygen atoms in total. The van der Waals surface area contributed by atoms with E-state index < -0.39 is 18.7 Å². The van der Waals surface area contributed by atoms with Crippen LogP contribution in [0.4, 0.5) is 5.69 Å². The molecule has 154 valence electrons. The van der Waals surface area contributed by atoms with E-state index in [2.05, 4.69) is 15.6 Å². The zero-order valence-electron chi connectivity index (χ0n) is 16.2. The Balaban J connectivity index is 1.49. The largest absolute Gasteiger partial charge is 0.456 e. The van der Waals surface area contributed by atoms with E-state index in [1.165, 1.54) is 17.8 Å². The minimum Gasteiger partial charge on any atom is -0.456 e. The number of ether oxygens (including phenoxy) is 1. The molecule has 0 fully saturated rings. The highest BCUT2D eigenvalue weighted by Crippen LogP contribution is 2.12. The molecule has 0 unspecified atom stereocenters. The first-order chi connectivity index (χ1) is 14.4. The first-order valence-corrected chi connectivity index (χ1v) is 9.16. The summed E-state index contributed by atoms with van der Waals surface area (Å²) in [7, 11) is 0. The second-order valence-corrected chi connectivity index (χ2v) is 6.50. The lowest BCUT2D eigenvalue weighted by molar-refractivity contribution is -0.143. The van der Waals surface area contributed by atoms with Crippen LogP contribution in [0.5, 0.6) is 0 Å². The van der Waals surface area contributed by atoms with Crippen LogP contribution >= 0.6 is 0 Å². The summed E-state index contributed by atoms with van der Waals surface area (Å²) in [6.07, 6.45) is 0.632. The third-order valence-corrected chi connectivity index (χ3v) is 4.14. The molecular weight excluding hydrogens is 388 g/mol. The zero-order valence-corrected chi connectivity index (χ0v) is 16.2. The molecule has 9 heteroatoms. The van der Waals surface area contributed by atoms with E-state index in [9.17, 15) is 19.5 Å². The van der Waals surface area contributed by atoms with E-state index in [1.54, 1.807) is 48.5 Å². The number of benzene rings is 2. The fourth-order valence-electron chi connectivity index (χ4n) is 2.52. The number of esters is 1. The lowest BCUT2D eigenvalue weighted by Crippen LogP contribution is -2.19. The van der Waals surface area contributed by atoms with Crippen molar-refractivity contribution >= 4 is 23.3 Å². The van der Waals surface area contributed by atoms with Crippen molar-refractivity contribution in [3.8, 4) is 0 Å². The first kappa shape index (κ1) is 20.9. The minimum absolute atomic E-state index is 0.225. The number of nitrogens with zero attached hydrogens (tertiary/aromatic N) is 3. The van der Waals surface area contributed by atoms with Gasteiger partial charge in [-0.3, -0.25) is 14.4 Å². The van der Waals surface area contributed by atoms with Crippen molar-refractivity contribution in [2.75, 3.05) is 11.9 Å². The van der Waals surface area contributed by atoms with Gasteiger partial charge in [-0.2, -0.15) is 0 Å². The quantitative estimate of drug-likeness (QED) is 0.432. The SMILES string of the molecule is C[C@H](O)c1cn(CC(=O)OCC(=O)c2ccc(NC(=O)c3ccccc3)cc2)nn1. The van der Waals surface area contributed by atoms with Gasteiger partial charge in [-0.1, -0.05) is 23.4 Å². The fraction of sp³-hybridized carbons (Fsp3) is 0.190. The van der Waals surface area contributed by atoms with Gasteiger partial charge < -0.3 is 15.2 Å². The van der Waals surface area contributed by atoms with Crippen LogP contribution in [0, 0.1) is 0 Å². The van der Waals surface area contributed by atoms with Crippen LogP contribution in [0.3, 0.4) is 0 Å². The van der Waals surface area contributed by atoms with Gasteiger partial charge in [-0.25, -0.2) is 4.68 Å². The van der Waals surface area contributed by atoms with Gasteiger partial charge in [0.2, 0.25) is 0 Å². The third kappa shape index (κ3) is 5.58. The number of carbonyl (C=O) groups is 3. The van der Waals surface area contributed by atoms with E-state index in [-0.39, 0.29) is 18.2 Å². The van der Waals surface area contributed by atoms with E-state index >= 15 is 0 Å². The monoisotopic (exact) mass is 408 g/mol. The summed E-state index contributed by atoms with van der Waals surface area (Å²) in [5.41, 5.74) is 1.74. The van der Waals surface area contributed by atoms with Crippen molar-refractivity contribution in [3.05, 3.63) is 77.6 Å². The predicted octanol–water partition coefficient (Wildman–Crippen LogP) is 2.01. The summed E-state index contributed by atoms with van der Waals surface area (Å²) in [6, 6.07) is 15.1. The van der Waals surface area contributed by atoms with Crippen LogP contribution in [-0.2, 0) is 16.1 Å². The Morgan fingerprint density at radius 3 is 2.40 bits per heavy atom. The standard InChI is InChI=1S/C21H20N4O5/c1-14(26)18-11-25(24-23-18)12-20(28)30-13-19(27)15-7-9-17(10-8-15)22-21(29)16-5-3-2-4-6-16/h2-11,14,26H,12-13H2,1H3,(H,22,29)/t14-/m0/s1. The summed E-state index contributed by atoms with van der Waals surface area (Å²) in [4.78, 5) is 36.2. The Bertz CT molecular complexity index is 1030. The number of aromatic nitrogens is 3. The molecule has 1 aromatic heterocycles. The third-order valence-electron chi connectivity index (χ3n) is 4.14. The number of aliphatic hydroxyl groups is 1. The number of nitrogens with one attached hydrogen (secondary N) is 1. The fourth-order valence-corrected chi connectivity index (χ4v) is 2.52. The molecule has 0 radical (unpaired) electrons. The zero-order chi connectivity index (χ0) is 21.5. The molecule has 0 saturated heterocycles. The second-order valence-electron chi connectivity index (χ2n) is 6.50. The molecule has 0 spiro atoms. The van der Waals surface area contributed by atoms with Crippen molar-refractivity contribution < 1.29 is 24.2 Å². The normalized spacial score (nSPS) is 11.5. The van der Waals surface area contributed by atoms with E-state index in [1.807, 2.05) is 6.07 Å². The number of hydrogen-bond acceptors (Lipinski definition) is 7. The Morgan fingerprint density at radius 2 is 1.77 bits per heavy atom. The Labute approximate surface area is 172 Å². The van der Waals surface area contributed by atoms with Crippen molar-refractivity contribution in [2.45, 2.75) is 19.6 Å². The average Bonchev–Trinajstić information content (AvgIpc) is 3.22. The van der Waals surface area contributed by atoms with Crippen LogP contribution in [0.15, 0.2) is 60.8 Å². The Kier molecular flexibility index (Phi) is 6.66. The van der Waals surface area contributed by atoms with Crippen molar-refractivity contribution in [1.82, 2.24) is 15.0 Å². The number of amides is 1. The van der Waals surface area contributed by atoms with Gasteiger partial charge in [0.15, 0.2) is 12.4 Å². The highest BCUT2D eigenvalue weighted by molar-refractivity contribution is 6.04. The van der Waals surface area contributed by atoms with Gasteiger partial charge in [0.05, 0.1) is 12.3 Å². The molecule has 0 aliphatic carbocycles. The van der Waals surface area contributed by atoms with Crippen LogP contribution in [0.1, 0.15) is 39.4 Å². The minimum atomic E-state index is -0.795. The molecule has 3 rings (SSSR count). The number of Topliss-reactive ketones (excluding diaryl/α,β-unsaturated/α-hetero) is 1. The van der Waals surface area contributed by atoms with Crippen molar-refractivity contribution in [1.29, 1.82) is 0 Å². The lowest BCUT2D eigenvalue weighted by Gasteiger charge is -2.07. The number of aliphatic hydroxyl groups excluding tert-OH is 1. The van der Waals surface area contributed by atoms with E-state index in [4.69, 9.17) is 4.74 Å². The smallest absolute Gasteiger partial charge is 0.328 e. The lowest BCUT2D eigenvalue weighted by atomic mass is 10.1. The molecule has 1 atom stereocenters. The summed E-state index contributed by atoms with van der Waals surface area (Å²) in [5.74, 6) is -1.29. The van der Waals surface area contributed by atoms with Crippen molar-refractivity contribution in [3.63, 3.8) is 0 Å². The molecule has 1 heterocycles. The van der Waals surface area contributed by atoms with Gasteiger partial charge in [0, 0.05) is 16.8 Å². The summed E-state index contributed by atoms with van der Waals surface area (Å²) >= 11 is 0. The first-order valence-electron chi connectivity index (χ1n) is 9.16. The molecule has 0 saturated carbocycles. The number of anilines is 1. The topological polar surface area (TPSA) is 123 Å². The van der Waals surface area contributed by atoms with Gasteiger partial charge in [0.1, 0.15) is 12.2 Å². The number of rotatable bonds is 8. The maximum Gasteiger partial charge on any atom is 0.328 e. The number of ketones is 1. The Hall–Kier alpha value is -3.85. The molecule has 2 aromatic carbocycles. The average molecular weight is 408 g/mol. The summed E-state index contributed by atoms with van der Waals surface area (Å²) in [5, 5.41) is 19.6. The van der Waals surface area contributed by atoms with Gasteiger partial charge in [0.25, 0.3) is 5.91 Å². The predicted molar refractivity (Wildman–Crippen MR) is 107 cm³/mol.